The first-order chi connectivity index (χ1) is 8.49. The number of halogens is 1. The largest absolute Gasteiger partial charge is 0.381 e. The van der Waals surface area contributed by atoms with Gasteiger partial charge in [0.1, 0.15) is 0 Å². The van der Waals surface area contributed by atoms with Crippen molar-refractivity contribution in [1.82, 2.24) is 0 Å². The smallest absolute Gasteiger partial charge is 0.270 e. The molecule has 0 saturated heterocycles. The van der Waals surface area contributed by atoms with Crippen molar-refractivity contribution in [2.24, 2.45) is 11.8 Å². The summed E-state index contributed by atoms with van der Waals surface area (Å²) in [6.07, 6.45) is 2.40. The molecule has 18 heavy (non-hydrogen) atoms. The van der Waals surface area contributed by atoms with E-state index < -0.39 is 0 Å². The van der Waals surface area contributed by atoms with E-state index in [-0.39, 0.29) is 10.6 Å². The quantitative estimate of drug-likeness (QED) is 0.672. The molecule has 4 nitrogen and oxygen atoms in total. The van der Waals surface area contributed by atoms with Crippen molar-refractivity contribution in [3.8, 4) is 0 Å². The van der Waals surface area contributed by atoms with Gasteiger partial charge in [0.2, 0.25) is 0 Å². The molecule has 0 bridgehead atoms. The van der Waals surface area contributed by atoms with Gasteiger partial charge in [0, 0.05) is 28.3 Å². The van der Waals surface area contributed by atoms with Crippen molar-refractivity contribution in [3.05, 3.63) is 32.8 Å². The van der Waals surface area contributed by atoms with E-state index in [0.29, 0.717) is 12.0 Å². The number of hydrogen-bond acceptors (Lipinski definition) is 3. The fourth-order valence-corrected chi connectivity index (χ4v) is 2.98. The van der Waals surface area contributed by atoms with Gasteiger partial charge in [-0.3, -0.25) is 10.1 Å². The van der Waals surface area contributed by atoms with E-state index in [2.05, 4.69) is 35.1 Å². The third-order valence-electron chi connectivity index (χ3n) is 3.97. The van der Waals surface area contributed by atoms with Crippen molar-refractivity contribution in [2.45, 2.75) is 32.7 Å². The van der Waals surface area contributed by atoms with Gasteiger partial charge in [0.25, 0.3) is 5.69 Å². The predicted molar refractivity (Wildman–Crippen MR) is 75.8 cm³/mol. The van der Waals surface area contributed by atoms with Gasteiger partial charge < -0.3 is 5.32 Å². The van der Waals surface area contributed by atoms with Crippen molar-refractivity contribution in [3.63, 3.8) is 0 Å². The summed E-state index contributed by atoms with van der Waals surface area (Å²) in [7, 11) is 0. The molecule has 0 heterocycles. The minimum Gasteiger partial charge on any atom is -0.381 e. The monoisotopic (exact) mass is 312 g/mol. The first-order valence-corrected chi connectivity index (χ1v) is 6.99. The Labute approximate surface area is 115 Å². The first kappa shape index (κ1) is 13.3. The number of anilines is 1. The van der Waals surface area contributed by atoms with Crippen LogP contribution in [0.2, 0.25) is 0 Å². The zero-order valence-electron chi connectivity index (χ0n) is 10.5. The van der Waals surface area contributed by atoms with Crippen LogP contribution in [0.4, 0.5) is 11.4 Å². The molecule has 0 spiro atoms. The van der Waals surface area contributed by atoms with E-state index in [1.54, 1.807) is 12.1 Å². The lowest BCUT2D eigenvalue weighted by atomic mass is 9.97. The van der Waals surface area contributed by atoms with E-state index >= 15 is 0 Å². The van der Waals surface area contributed by atoms with Crippen LogP contribution in [0.1, 0.15) is 26.7 Å². The number of non-ortho nitro benzene ring substituents is 1. The van der Waals surface area contributed by atoms with E-state index in [9.17, 15) is 10.1 Å². The first-order valence-electron chi connectivity index (χ1n) is 6.19. The molecule has 1 N–H and O–H groups in total. The highest BCUT2D eigenvalue weighted by Crippen LogP contribution is 2.35. The standard InChI is InChI=1S/C13H17BrN2O2/c1-8-3-5-12(9(8)2)15-13-6-4-10(16(17)18)7-11(13)14/h4,6-9,12,15H,3,5H2,1-2H3. The Morgan fingerprint density at radius 2 is 2.11 bits per heavy atom. The van der Waals surface area contributed by atoms with Crippen LogP contribution in [0.3, 0.4) is 0 Å². The summed E-state index contributed by atoms with van der Waals surface area (Å²) in [6, 6.07) is 5.32. The Hall–Kier alpha value is -1.10. The highest BCUT2D eigenvalue weighted by atomic mass is 79.9. The molecular weight excluding hydrogens is 296 g/mol. The summed E-state index contributed by atoms with van der Waals surface area (Å²) in [5.41, 5.74) is 1.05. The van der Waals surface area contributed by atoms with Gasteiger partial charge in [0.05, 0.1) is 4.92 Å². The molecule has 1 aromatic carbocycles. The number of nitro benzene ring substituents is 1. The lowest BCUT2D eigenvalue weighted by molar-refractivity contribution is -0.384. The highest BCUT2D eigenvalue weighted by molar-refractivity contribution is 9.10. The molecule has 1 saturated carbocycles. The molecular formula is C13H17BrN2O2. The molecule has 2 rings (SSSR count). The Kier molecular flexibility index (Phi) is 3.90. The minimum atomic E-state index is -0.380. The van der Waals surface area contributed by atoms with Gasteiger partial charge >= 0.3 is 0 Å². The molecule has 0 radical (unpaired) electrons. The molecule has 0 aromatic heterocycles. The fourth-order valence-electron chi connectivity index (χ4n) is 2.50. The van der Waals surface area contributed by atoms with Gasteiger partial charge in [-0.1, -0.05) is 13.8 Å². The second-order valence-electron chi connectivity index (χ2n) is 5.09. The lowest BCUT2D eigenvalue weighted by Gasteiger charge is -2.21. The molecule has 1 aliphatic carbocycles. The maximum Gasteiger partial charge on any atom is 0.270 e. The van der Waals surface area contributed by atoms with Crippen molar-refractivity contribution >= 4 is 27.3 Å². The van der Waals surface area contributed by atoms with E-state index in [1.165, 1.54) is 12.5 Å². The van der Waals surface area contributed by atoms with Crippen LogP contribution in [0.5, 0.6) is 0 Å². The van der Waals surface area contributed by atoms with Crippen molar-refractivity contribution < 1.29 is 4.92 Å². The number of nitrogens with zero attached hydrogens (tertiary/aromatic N) is 1. The molecule has 0 aliphatic heterocycles. The third-order valence-corrected chi connectivity index (χ3v) is 4.63. The van der Waals surface area contributed by atoms with Gasteiger partial charge in [-0.15, -0.1) is 0 Å². The Morgan fingerprint density at radius 1 is 1.39 bits per heavy atom. The average molecular weight is 313 g/mol. The van der Waals surface area contributed by atoms with Gasteiger partial charge in [-0.2, -0.15) is 0 Å². The van der Waals surface area contributed by atoms with Crippen LogP contribution in [0.15, 0.2) is 22.7 Å². The van der Waals surface area contributed by atoms with Crippen LogP contribution in [-0.4, -0.2) is 11.0 Å². The van der Waals surface area contributed by atoms with Gasteiger partial charge in [-0.05, 0) is 46.7 Å². The molecule has 0 amide bonds. The van der Waals surface area contributed by atoms with Gasteiger partial charge in [0.15, 0.2) is 0 Å². The topological polar surface area (TPSA) is 55.2 Å². The Bertz CT molecular complexity index is 464. The average Bonchev–Trinajstić information content (AvgIpc) is 2.63. The fraction of sp³-hybridized carbons (Fsp3) is 0.538. The number of hydrogen-bond donors (Lipinski definition) is 1. The van der Waals surface area contributed by atoms with Crippen LogP contribution in [0.25, 0.3) is 0 Å². The van der Waals surface area contributed by atoms with E-state index in [4.69, 9.17) is 0 Å². The van der Waals surface area contributed by atoms with Crippen LogP contribution in [0, 0.1) is 22.0 Å². The molecule has 1 aliphatic rings. The summed E-state index contributed by atoms with van der Waals surface area (Å²) < 4.78 is 0.753. The number of nitro groups is 1. The molecule has 3 atom stereocenters. The number of nitrogens with one attached hydrogen (secondary N) is 1. The minimum absolute atomic E-state index is 0.111. The van der Waals surface area contributed by atoms with Crippen LogP contribution in [-0.2, 0) is 0 Å². The normalized spacial score (nSPS) is 27.2. The predicted octanol–water partition coefficient (Wildman–Crippen LogP) is 4.20. The third kappa shape index (κ3) is 2.66. The van der Waals surface area contributed by atoms with Crippen LogP contribution >= 0.6 is 15.9 Å². The molecule has 1 fully saturated rings. The number of rotatable bonds is 3. The maximum atomic E-state index is 10.7. The molecule has 1 aromatic rings. The second kappa shape index (κ2) is 5.26. The summed E-state index contributed by atoms with van der Waals surface area (Å²) in [6.45, 7) is 4.53. The summed E-state index contributed by atoms with van der Waals surface area (Å²) in [5.74, 6) is 1.37. The SMILES string of the molecule is CC1CCC(Nc2ccc([N+](=O)[O-])cc2Br)C1C. The molecule has 5 heteroatoms. The summed E-state index contributed by atoms with van der Waals surface area (Å²) in [4.78, 5) is 10.3. The molecule has 98 valence electrons. The summed E-state index contributed by atoms with van der Waals surface area (Å²) >= 11 is 3.39. The lowest BCUT2D eigenvalue weighted by Crippen LogP contribution is -2.24. The maximum absolute atomic E-state index is 10.7. The Balaban J connectivity index is 2.13. The second-order valence-corrected chi connectivity index (χ2v) is 5.94. The zero-order chi connectivity index (χ0) is 13.3. The Morgan fingerprint density at radius 3 is 2.61 bits per heavy atom. The van der Waals surface area contributed by atoms with E-state index in [1.807, 2.05) is 0 Å². The van der Waals surface area contributed by atoms with Gasteiger partial charge in [-0.25, -0.2) is 0 Å². The molecule has 3 unspecified atom stereocenters. The zero-order valence-corrected chi connectivity index (χ0v) is 12.1. The summed E-state index contributed by atoms with van der Waals surface area (Å²) in [5, 5.41) is 14.2. The number of benzene rings is 1. The van der Waals surface area contributed by atoms with Crippen molar-refractivity contribution in [1.29, 1.82) is 0 Å². The van der Waals surface area contributed by atoms with Crippen LogP contribution < -0.4 is 5.32 Å². The highest BCUT2D eigenvalue weighted by Gasteiger charge is 2.29. The van der Waals surface area contributed by atoms with Crippen molar-refractivity contribution in [2.75, 3.05) is 5.32 Å². The van der Waals surface area contributed by atoms with E-state index in [0.717, 1.165) is 22.5 Å².